The summed E-state index contributed by atoms with van der Waals surface area (Å²) in [6.07, 6.45) is -0.257. The van der Waals surface area contributed by atoms with Gasteiger partial charge in [0.1, 0.15) is 0 Å². The number of hydrogen-bond acceptors (Lipinski definition) is 4. The van der Waals surface area contributed by atoms with E-state index in [0.717, 1.165) is 0 Å². The van der Waals surface area contributed by atoms with Crippen LogP contribution in [-0.2, 0) is 9.53 Å². The van der Waals surface area contributed by atoms with Crippen LogP contribution in [-0.4, -0.2) is 50.6 Å². The number of amides is 2. The van der Waals surface area contributed by atoms with E-state index in [-0.39, 0.29) is 30.9 Å². The molecule has 0 fully saturated rings. The molecule has 0 radical (unpaired) electrons. The van der Waals surface area contributed by atoms with Gasteiger partial charge >= 0.3 is 0 Å². The monoisotopic (exact) mass is 313 g/mol. The Morgan fingerprint density at radius 3 is 2.62 bits per heavy atom. The highest BCUT2D eigenvalue weighted by atomic mass is 35.5. The van der Waals surface area contributed by atoms with Gasteiger partial charge in [-0.25, -0.2) is 0 Å². The van der Waals surface area contributed by atoms with Crippen molar-refractivity contribution in [3.05, 3.63) is 28.8 Å². The Kier molecular flexibility index (Phi) is 6.61. The summed E-state index contributed by atoms with van der Waals surface area (Å²) < 4.78 is 5.06. The average Bonchev–Trinajstić information content (AvgIpc) is 2.44. The quantitative estimate of drug-likeness (QED) is 0.830. The second-order valence-electron chi connectivity index (χ2n) is 4.74. The Labute approximate surface area is 129 Å². The molecule has 21 heavy (non-hydrogen) atoms. The van der Waals surface area contributed by atoms with Crippen molar-refractivity contribution in [2.24, 2.45) is 5.73 Å². The highest BCUT2D eigenvalue weighted by Gasteiger charge is 2.17. The molecule has 0 aliphatic carbocycles. The first-order valence-electron chi connectivity index (χ1n) is 6.43. The number of nitrogens with one attached hydrogen (secondary N) is 1. The maximum Gasteiger partial charge on any atom is 0.255 e. The molecule has 1 aromatic carbocycles. The van der Waals surface area contributed by atoms with Gasteiger partial charge in [-0.05, 0) is 18.2 Å². The molecule has 0 heterocycles. The Hall–Kier alpha value is -1.63. The van der Waals surface area contributed by atoms with Crippen LogP contribution in [0.1, 0.15) is 16.8 Å². The zero-order chi connectivity index (χ0) is 16.0. The SMILES string of the molecule is COC(CN)CC(=O)Nc1cc(Cl)ccc1C(=O)N(C)C. The molecular formula is C14H20ClN3O3. The minimum absolute atomic E-state index is 0.106. The summed E-state index contributed by atoms with van der Waals surface area (Å²) in [5.41, 5.74) is 6.23. The molecule has 6 nitrogen and oxygen atoms in total. The number of rotatable bonds is 6. The van der Waals surface area contributed by atoms with Crippen LogP contribution in [0.2, 0.25) is 5.02 Å². The molecule has 0 aliphatic rings. The predicted octanol–water partition coefficient (Wildman–Crippen LogP) is 1.34. The number of carbonyl (C=O) groups is 2. The van der Waals surface area contributed by atoms with Gasteiger partial charge in [-0.1, -0.05) is 11.6 Å². The molecule has 0 bridgehead atoms. The van der Waals surface area contributed by atoms with Crippen LogP contribution in [0, 0.1) is 0 Å². The van der Waals surface area contributed by atoms with E-state index < -0.39 is 0 Å². The van der Waals surface area contributed by atoms with E-state index >= 15 is 0 Å². The molecule has 0 aromatic heterocycles. The van der Waals surface area contributed by atoms with Gasteiger partial charge in [0.15, 0.2) is 0 Å². The molecule has 0 aliphatic heterocycles. The van der Waals surface area contributed by atoms with Crippen molar-refractivity contribution in [1.82, 2.24) is 4.90 Å². The second-order valence-corrected chi connectivity index (χ2v) is 5.17. The average molecular weight is 314 g/mol. The maximum atomic E-state index is 12.1. The molecule has 0 saturated heterocycles. The van der Waals surface area contributed by atoms with Crippen LogP contribution in [0.15, 0.2) is 18.2 Å². The largest absolute Gasteiger partial charge is 0.380 e. The summed E-state index contributed by atoms with van der Waals surface area (Å²) in [4.78, 5) is 25.5. The van der Waals surface area contributed by atoms with Crippen molar-refractivity contribution in [2.75, 3.05) is 33.1 Å². The molecule has 2 amide bonds. The fourth-order valence-electron chi connectivity index (χ4n) is 1.72. The number of benzene rings is 1. The number of nitrogens with two attached hydrogens (primary N) is 1. The summed E-state index contributed by atoms with van der Waals surface area (Å²) in [5.74, 6) is -0.508. The lowest BCUT2D eigenvalue weighted by Crippen LogP contribution is -2.29. The molecule has 0 spiro atoms. The Morgan fingerprint density at radius 2 is 2.10 bits per heavy atom. The van der Waals surface area contributed by atoms with Crippen molar-refractivity contribution in [3.8, 4) is 0 Å². The lowest BCUT2D eigenvalue weighted by atomic mass is 10.1. The van der Waals surface area contributed by atoms with E-state index in [1.54, 1.807) is 32.3 Å². The summed E-state index contributed by atoms with van der Waals surface area (Å²) in [5, 5.41) is 3.11. The number of halogens is 1. The van der Waals surface area contributed by atoms with Crippen LogP contribution in [0.4, 0.5) is 5.69 Å². The molecule has 7 heteroatoms. The minimum Gasteiger partial charge on any atom is -0.380 e. The molecular weight excluding hydrogens is 294 g/mol. The molecule has 116 valence electrons. The number of anilines is 1. The highest BCUT2D eigenvalue weighted by Crippen LogP contribution is 2.22. The Bertz CT molecular complexity index is 516. The Morgan fingerprint density at radius 1 is 1.43 bits per heavy atom. The molecule has 1 unspecified atom stereocenters. The second kappa shape index (κ2) is 7.97. The standard InChI is InChI=1S/C14H20ClN3O3/c1-18(2)14(20)11-5-4-9(15)6-12(11)17-13(19)7-10(8-16)21-3/h4-6,10H,7-8,16H2,1-3H3,(H,17,19). The minimum atomic E-state index is -0.364. The summed E-state index contributed by atoms with van der Waals surface area (Å²) in [7, 11) is 4.76. The van der Waals surface area contributed by atoms with E-state index in [4.69, 9.17) is 22.1 Å². The Balaban J connectivity index is 2.93. The van der Waals surface area contributed by atoms with Crippen LogP contribution in [0.25, 0.3) is 0 Å². The lowest BCUT2D eigenvalue weighted by Gasteiger charge is -2.16. The summed E-state index contributed by atoms with van der Waals surface area (Å²) in [6.45, 7) is 0.239. The fraction of sp³-hybridized carbons (Fsp3) is 0.429. The topological polar surface area (TPSA) is 84.7 Å². The number of nitrogens with zero attached hydrogens (tertiary/aromatic N) is 1. The van der Waals surface area contributed by atoms with E-state index in [9.17, 15) is 9.59 Å². The predicted molar refractivity (Wildman–Crippen MR) is 82.6 cm³/mol. The normalized spacial score (nSPS) is 11.9. The highest BCUT2D eigenvalue weighted by molar-refractivity contribution is 6.31. The molecule has 0 saturated carbocycles. The van der Waals surface area contributed by atoms with Gasteiger partial charge in [0.2, 0.25) is 5.91 Å². The summed E-state index contributed by atoms with van der Waals surface area (Å²) in [6, 6.07) is 4.73. The van der Waals surface area contributed by atoms with Crippen molar-refractivity contribution >= 4 is 29.1 Å². The molecule has 1 aromatic rings. The van der Waals surface area contributed by atoms with Gasteiger partial charge in [-0.3, -0.25) is 9.59 Å². The first-order valence-corrected chi connectivity index (χ1v) is 6.80. The van der Waals surface area contributed by atoms with Crippen molar-refractivity contribution in [3.63, 3.8) is 0 Å². The van der Waals surface area contributed by atoms with Gasteiger partial charge in [0.25, 0.3) is 5.91 Å². The van der Waals surface area contributed by atoms with Crippen LogP contribution >= 0.6 is 11.6 Å². The lowest BCUT2D eigenvalue weighted by molar-refractivity contribution is -0.118. The van der Waals surface area contributed by atoms with E-state index in [1.165, 1.54) is 12.0 Å². The fourth-order valence-corrected chi connectivity index (χ4v) is 1.89. The first kappa shape index (κ1) is 17.4. The van der Waals surface area contributed by atoms with Gasteiger partial charge < -0.3 is 20.7 Å². The van der Waals surface area contributed by atoms with E-state index in [1.807, 2.05) is 0 Å². The van der Waals surface area contributed by atoms with Gasteiger partial charge in [0, 0.05) is 32.8 Å². The van der Waals surface area contributed by atoms with E-state index in [2.05, 4.69) is 5.32 Å². The van der Waals surface area contributed by atoms with Crippen LogP contribution in [0.3, 0.4) is 0 Å². The molecule has 1 atom stereocenters. The van der Waals surface area contributed by atoms with Gasteiger partial charge in [0.05, 0.1) is 23.8 Å². The third-order valence-electron chi connectivity index (χ3n) is 2.90. The third-order valence-corrected chi connectivity index (χ3v) is 3.14. The number of methoxy groups -OCH3 is 1. The van der Waals surface area contributed by atoms with Crippen molar-refractivity contribution in [1.29, 1.82) is 0 Å². The number of hydrogen-bond donors (Lipinski definition) is 2. The van der Waals surface area contributed by atoms with Crippen molar-refractivity contribution < 1.29 is 14.3 Å². The number of carbonyl (C=O) groups excluding carboxylic acids is 2. The first-order chi connectivity index (χ1) is 9.88. The zero-order valence-electron chi connectivity index (χ0n) is 12.4. The van der Waals surface area contributed by atoms with Crippen LogP contribution < -0.4 is 11.1 Å². The maximum absolute atomic E-state index is 12.1. The number of ether oxygens (including phenoxy) is 1. The molecule has 3 N–H and O–H groups in total. The van der Waals surface area contributed by atoms with Gasteiger partial charge in [-0.15, -0.1) is 0 Å². The summed E-state index contributed by atoms with van der Waals surface area (Å²) >= 11 is 5.92. The van der Waals surface area contributed by atoms with E-state index in [0.29, 0.717) is 16.3 Å². The smallest absolute Gasteiger partial charge is 0.255 e. The zero-order valence-corrected chi connectivity index (χ0v) is 13.1. The third kappa shape index (κ3) is 5.00. The van der Waals surface area contributed by atoms with Gasteiger partial charge in [-0.2, -0.15) is 0 Å². The van der Waals surface area contributed by atoms with Crippen molar-refractivity contribution in [2.45, 2.75) is 12.5 Å². The molecule has 1 rings (SSSR count). The van der Waals surface area contributed by atoms with Crippen LogP contribution in [0.5, 0.6) is 0 Å².